The molecular weight excluding hydrogens is 583 g/mol. The molecule has 9 rings (SSSR count). The molecule has 0 amide bonds. The molecule has 0 aliphatic heterocycles. The molecule has 9 aromatic rings. The number of fused-ring (bicyclic) bond motifs is 3. The quantitative estimate of drug-likeness (QED) is 0.188. The molecule has 3 heterocycles. The van der Waals surface area contributed by atoms with E-state index in [1.165, 1.54) is 20.5 Å². The fourth-order valence-electron chi connectivity index (χ4n) is 6.14. The van der Waals surface area contributed by atoms with Crippen LogP contribution in [0, 0.1) is 0 Å². The molecule has 0 atom stereocenters. The Morgan fingerprint density at radius 2 is 0.826 bits per heavy atom. The highest BCUT2D eigenvalue weighted by Gasteiger charge is 2.16. The number of hydrogen-bond donors (Lipinski definition) is 0. The number of nitrogens with zero attached hydrogens (tertiary/aromatic N) is 1. The predicted molar refractivity (Wildman–Crippen MR) is 192 cm³/mol. The third-order valence-electron chi connectivity index (χ3n) is 8.51. The van der Waals surface area contributed by atoms with Crippen LogP contribution in [0.5, 0.6) is 0 Å². The largest absolute Gasteiger partial charge is 0.456 e. The van der Waals surface area contributed by atoms with Crippen molar-refractivity contribution < 1.29 is 8.83 Å². The summed E-state index contributed by atoms with van der Waals surface area (Å²) in [5, 5.41) is 3.49. The maximum Gasteiger partial charge on any atom is 0.135 e. The Kier molecular flexibility index (Phi) is 6.32. The Hall–Kier alpha value is -5.84. The summed E-state index contributed by atoms with van der Waals surface area (Å²) in [6.45, 7) is 0. The lowest BCUT2D eigenvalue weighted by Gasteiger charge is -2.26. The summed E-state index contributed by atoms with van der Waals surface area (Å²) in [7, 11) is 0. The molecule has 6 aromatic carbocycles. The van der Waals surface area contributed by atoms with Gasteiger partial charge in [-0.2, -0.15) is 0 Å². The monoisotopic (exact) mass is 609 g/mol. The van der Waals surface area contributed by atoms with Gasteiger partial charge < -0.3 is 13.7 Å². The van der Waals surface area contributed by atoms with Crippen molar-refractivity contribution in [3.8, 4) is 33.1 Å². The minimum absolute atomic E-state index is 0.863. The first-order valence-corrected chi connectivity index (χ1v) is 16.1. The first-order valence-electron chi connectivity index (χ1n) is 15.3. The molecule has 0 unspecified atom stereocenters. The molecule has 0 aliphatic carbocycles. The number of furan rings is 2. The van der Waals surface area contributed by atoms with E-state index in [4.69, 9.17) is 8.83 Å². The molecule has 0 fully saturated rings. The molecule has 46 heavy (non-hydrogen) atoms. The number of rotatable bonds is 6. The van der Waals surface area contributed by atoms with Gasteiger partial charge in [-0.05, 0) is 108 Å². The Bertz CT molecular complexity index is 2090. The van der Waals surface area contributed by atoms with Gasteiger partial charge in [0.25, 0.3) is 0 Å². The summed E-state index contributed by atoms with van der Waals surface area (Å²) in [4.78, 5) is 3.56. The zero-order valence-electron chi connectivity index (χ0n) is 24.8. The van der Waals surface area contributed by atoms with E-state index in [1.54, 1.807) is 0 Å². The normalized spacial score (nSPS) is 11.5. The van der Waals surface area contributed by atoms with Crippen LogP contribution in [0.15, 0.2) is 173 Å². The van der Waals surface area contributed by atoms with Gasteiger partial charge >= 0.3 is 0 Å². The van der Waals surface area contributed by atoms with E-state index in [9.17, 15) is 0 Å². The highest BCUT2D eigenvalue weighted by molar-refractivity contribution is 7.22. The van der Waals surface area contributed by atoms with Crippen molar-refractivity contribution in [1.29, 1.82) is 0 Å². The lowest BCUT2D eigenvalue weighted by atomic mass is 10.1. The van der Waals surface area contributed by atoms with E-state index in [1.807, 2.05) is 47.7 Å². The van der Waals surface area contributed by atoms with Crippen LogP contribution in [-0.2, 0) is 0 Å². The SMILES string of the molecule is c1ccc2oc(-c3ccc(N(c4ccc(-c5cc6ccccc6o5)cc4)c4ccc(-c5cc6ccccc6s5)cc4)cc3)cc2c1. The summed E-state index contributed by atoms with van der Waals surface area (Å²) in [5.41, 5.74) is 8.29. The van der Waals surface area contributed by atoms with E-state index in [0.29, 0.717) is 0 Å². The number of thiophene rings is 1. The van der Waals surface area contributed by atoms with Crippen LogP contribution in [-0.4, -0.2) is 0 Å². The molecular formula is C42H27NO2S. The van der Waals surface area contributed by atoms with Gasteiger partial charge in [0.1, 0.15) is 22.7 Å². The van der Waals surface area contributed by atoms with Crippen LogP contribution in [0.3, 0.4) is 0 Å². The van der Waals surface area contributed by atoms with Crippen LogP contribution < -0.4 is 4.90 Å². The molecule has 218 valence electrons. The van der Waals surface area contributed by atoms with E-state index < -0.39 is 0 Å². The highest BCUT2D eigenvalue weighted by Crippen LogP contribution is 2.40. The topological polar surface area (TPSA) is 29.5 Å². The Morgan fingerprint density at radius 1 is 0.391 bits per heavy atom. The standard InChI is InChI=1S/C42H27NO2S/c1-4-10-37-31(7-1)25-39(44-37)28-13-19-34(20-14-28)43(35-21-15-29(16-22-35)40-26-32-8-2-5-11-38(32)45-40)36-23-17-30(18-24-36)42-27-33-9-3-6-12-41(33)46-42/h1-27H. The maximum atomic E-state index is 6.16. The molecule has 0 radical (unpaired) electrons. The van der Waals surface area contributed by atoms with Crippen molar-refractivity contribution in [1.82, 2.24) is 0 Å². The van der Waals surface area contributed by atoms with Crippen molar-refractivity contribution in [2.24, 2.45) is 0 Å². The van der Waals surface area contributed by atoms with Crippen LogP contribution in [0.2, 0.25) is 0 Å². The zero-order chi connectivity index (χ0) is 30.5. The summed E-state index contributed by atoms with van der Waals surface area (Å²) in [5.74, 6) is 1.73. The van der Waals surface area contributed by atoms with E-state index in [-0.39, 0.29) is 0 Å². The maximum absolute atomic E-state index is 6.16. The van der Waals surface area contributed by atoms with Crippen LogP contribution in [0.4, 0.5) is 17.1 Å². The Morgan fingerprint density at radius 3 is 1.30 bits per heavy atom. The van der Waals surface area contributed by atoms with Gasteiger partial charge in [0.2, 0.25) is 0 Å². The molecule has 0 N–H and O–H groups in total. The molecule has 3 aromatic heterocycles. The van der Waals surface area contributed by atoms with Gasteiger partial charge in [-0.3, -0.25) is 0 Å². The van der Waals surface area contributed by atoms with Crippen LogP contribution in [0.1, 0.15) is 0 Å². The summed E-state index contributed by atoms with van der Waals surface area (Å²) in [6.07, 6.45) is 0. The Balaban J connectivity index is 1.09. The van der Waals surface area contributed by atoms with Crippen molar-refractivity contribution in [3.63, 3.8) is 0 Å². The molecule has 3 nitrogen and oxygen atoms in total. The summed E-state index contributed by atoms with van der Waals surface area (Å²) in [6, 6.07) is 57.3. The molecule has 0 bridgehead atoms. The van der Waals surface area contributed by atoms with Gasteiger partial charge in [0.05, 0.1) is 0 Å². The zero-order valence-corrected chi connectivity index (χ0v) is 25.6. The number of para-hydroxylation sites is 2. The predicted octanol–water partition coefficient (Wildman–Crippen LogP) is 12.9. The fraction of sp³-hybridized carbons (Fsp3) is 0. The second-order valence-electron chi connectivity index (χ2n) is 11.4. The van der Waals surface area contributed by atoms with Crippen molar-refractivity contribution in [3.05, 3.63) is 164 Å². The molecule has 4 heteroatoms. The van der Waals surface area contributed by atoms with Crippen molar-refractivity contribution >= 4 is 60.4 Å². The van der Waals surface area contributed by atoms with Crippen molar-refractivity contribution in [2.75, 3.05) is 4.90 Å². The third kappa shape index (κ3) is 4.76. The van der Waals surface area contributed by atoms with Gasteiger partial charge in [0.15, 0.2) is 0 Å². The van der Waals surface area contributed by atoms with Gasteiger partial charge in [-0.25, -0.2) is 0 Å². The summed E-state index contributed by atoms with van der Waals surface area (Å²) >= 11 is 1.83. The first kappa shape index (κ1) is 26.6. The number of anilines is 3. The van der Waals surface area contributed by atoms with Crippen molar-refractivity contribution in [2.45, 2.75) is 0 Å². The second-order valence-corrected chi connectivity index (χ2v) is 12.5. The second kappa shape index (κ2) is 11.0. The minimum Gasteiger partial charge on any atom is -0.456 e. The van der Waals surface area contributed by atoms with Gasteiger partial charge in [0, 0.05) is 48.5 Å². The van der Waals surface area contributed by atoms with E-state index >= 15 is 0 Å². The number of benzene rings is 6. The van der Waals surface area contributed by atoms with Gasteiger partial charge in [-0.15, -0.1) is 11.3 Å². The van der Waals surface area contributed by atoms with Crippen LogP contribution in [0.25, 0.3) is 65.1 Å². The first-order chi connectivity index (χ1) is 22.7. The van der Waals surface area contributed by atoms with Gasteiger partial charge in [-0.1, -0.05) is 66.7 Å². The molecule has 0 saturated carbocycles. The number of hydrogen-bond acceptors (Lipinski definition) is 4. The molecule has 0 aliphatic rings. The van der Waals surface area contributed by atoms with Crippen LogP contribution >= 0.6 is 11.3 Å². The average molecular weight is 610 g/mol. The third-order valence-corrected chi connectivity index (χ3v) is 9.67. The lowest BCUT2D eigenvalue weighted by Crippen LogP contribution is -2.09. The smallest absolute Gasteiger partial charge is 0.135 e. The summed E-state index contributed by atoms with van der Waals surface area (Å²) < 4.78 is 13.6. The highest BCUT2D eigenvalue weighted by atomic mass is 32.1. The molecule has 0 saturated heterocycles. The molecule has 0 spiro atoms. The average Bonchev–Trinajstić information content (AvgIpc) is 3.86. The van der Waals surface area contributed by atoms with E-state index in [0.717, 1.165) is 61.6 Å². The Labute approximate surface area is 270 Å². The lowest BCUT2D eigenvalue weighted by molar-refractivity contribution is 0.631. The fourth-order valence-corrected chi connectivity index (χ4v) is 7.21. The van der Waals surface area contributed by atoms with E-state index in [2.05, 4.69) is 132 Å². The minimum atomic E-state index is 0.863.